The van der Waals surface area contributed by atoms with Crippen LogP contribution in [0.3, 0.4) is 0 Å². The number of anilines is 1. The van der Waals surface area contributed by atoms with E-state index in [0.29, 0.717) is 0 Å². The van der Waals surface area contributed by atoms with Gasteiger partial charge in [0.05, 0.1) is 6.61 Å². The van der Waals surface area contributed by atoms with Crippen molar-refractivity contribution in [2.24, 2.45) is 0 Å². The molecule has 0 heterocycles. The summed E-state index contributed by atoms with van der Waals surface area (Å²) in [5, 5.41) is 11.8. The highest BCUT2D eigenvalue weighted by molar-refractivity contribution is 5.70. The van der Waals surface area contributed by atoms with Gasteiger partial charge in [0.2, 0.25) is 0 Å². The molecule has 24 heavy (non-hydrogen) atoms. The summed E-state index contributed by atoms with van der Waals surface area (Å²) in [6.45, 7) is 1.02. The zero-order chi connectivity index (χ0) is 17.0. The van der Waals surface area contributed by atoms with E-state index in [9.17, 15) is 0 Å². The van der Waals surface area contributed by atoms with Crippen molar-refractivity contribution in [2.75, 3.05) is 25.6 Å². The minimum atomic E-state index is 0.287. The van der Waals surface area contributed by atoms with E-state index in [1.165, 1.54) is 5.56 Å². The van der Waals surface area contributed by atoms with Crippen LogP contribution < -0.4 is 10.1 Å². The molecule has 0 aliphatic heterocycles. The van der Waals surface area contributed by atoms with Crippen LogP contribution in [0.4, 0.5) is 5.69 Å². The van der Waals surface area contributed by atoms with Gasteiger partial charge in [-0.25, -0.2) is 0 Å². The predicted molar refractivity (Wildman–Crippen MR) is 102 cm³/mol. The Bertz CT molecular complexity index is 603. The first-order chi connectivity index (χ1) is 11.8. The highest BCUT2D eigenvalue weighted by atomic mass is 16.5. The summed E-state index contributed by atoms with van der Waals surface area (Å²) in [6, 6.07) is 16.5. The average molecular weight is 325 g/mol. The molecule has 0 saturated carbocycles. The Balaban J connectivity index is 1.77. The van der Waals surface area contributed by atoms with Crippen LogP contribution in [0.15, 0.2) is 48.5 Å². The molecule has 0 fully saturated rings. The average Bonchev–Trinajstić information content (AvgIpc) is 2.64. The lowest BCUT2D eigenvalue weighted by atomic mass is 10.1. The molecule has 0 aliphatic rings. The number of hydrogen-bond donors (Lipinski definition) is 2. The maximum atomic E-state index is 8.73. The number of benzene rings is 2. The third-order valence-corrected chi connectivity index (χ3v) is 3.87. The van der Waals surface area contributed by atoms with E-state index < -0.39 is 0 Å². The Morgan fingerprint density at radius 2 is 1.42 bits per heavy atom. The second-order valence-corrected chi connectivity index (χ2v) is 5.76. The van der Waals surface area contributed by atoms with Gasteiger partial charge in [0.1, 0.15) is 5.75 Å². The minimum Gasteiger partial charge on any atom is -0.494 e. The molecule has 0 unspecified atom stereocenters. The first-order valence-electron chi connectivity index (χ1n) is 8.61. The van der Waals surface area contributed by atoms with Gasteiger partial charge in [-0.15, -0.1) is 0 Å². The molecule has 2 N–H and O–H groups in total. The van der Waals surface area contributed by atoms with Gasteiger partial charge in [0, 0.05) is 19.3 Å². The number of hydrogen-bond acceptors (Lipinski definition) is 3. The molecular weight excluding hydrogens is 298 g/mol. The van der Waals surface area contributed by atoms with E-state index in [0.717, 1.165) is 49.3 Å². The van der Waals surface area contributed by atoms with Crippen molar-refractivity contribution in [2.45, 2.75) is 25.7 Å². The summed E-state index contributed by atoms with van der Waals surface area (Å²) in [4.78, 5) is 0. The smallest absolute Gasteiger partial charge is 0.119 e. The molecule has 0 aliphatic carbocycles. The van der Waals surface area contributed by atoms with Gasteiger partial charge in [-0.05, 0) is 54.7 Å². The molecule has 2 aromatic carbocycles. The van der Waals surface area contributed by atoms with Crippen molar-refractivity contribution >= 4 is 17.8 Å². The summed E-state index contributed by atoms with van der Waals surface area (Å²) >= 11 is 0. The second-order valence-electron chi connectivity index (χ2n) is 5.76. The zero-order valence-corrected chi connectivity index (χ0v) is 14.4. The zero-order valence-electron chi connectivity index (χ0n) is 14.4. The van der Waals surface area contributed by atoms with E-state index in [1.54, 1.807) is 0 Å². The summed E-state index contributed by atoms with van der Waals surface area (Å²) in [7, 11) is 1.92. The first kappa shape index (κ1) is 18.1. The number of ether oxygens (including phenoxy) is 1. The Morgan fingerprint density at radius 3 is 2.00 bits per heavy atom. The summed E-state index contributed by atoms with van der Waals surface area (Å²) in [5.74, 6) is 0.910. The fourth-order valence-corrected chi connectivity index (χ4v) is 2.39. The number of unbranched alkanes of at least 4 members (excludes halogenated alkanes) is 3. The molecule has 0 bridgehead atoms. The normalized spacial score (nSPS) is 10.9. The molecule has 3 heteroatoms. The lowest BCUT2D eigenvalue weighted by Gasteiger charge is -2.06. The van der Waals surface area contributed by atoms with Crippen LogP contribution in [0, 0.1) is 0 Å². The molecule has 0 spiro atoms. The lowest BCUT2D eigenvalue weighted by molar-refractivity contribution is 0.273. The lowest BCUT2D eigenvalue weighted by Crippen LogP contribution is -1.97. The molecule has 2 aromatic rings. The van der Waals surface area contributed by atoms with E-state index >= 15 is 0 Å². The molecule has 0 radical (unpaired) electrons. The Kier molecular flexibility index (Phi) is 7.91. The van der Waals surface area contributed by atoms with E-state index in [-0.39, 0.29) is 6.61 Å². The van der Waals surface area contributed by atoms with Crippen molar-refractivity contribution in [1.29, 1.82) is 0 Å². The Morgan fingerprint density at radius 1 is 0.833 bits per heavy atom. The van der Waals surface area contributed by atoms with E-state index in [1.807, 2.05) is 19.2 Å². The van der Waals surface area contributed by atoms with Crippen LogP contribution in [-0.2, 0) is 0 Å². The fraction of sp³-hybridized carbons (Fsp3) is 0.333. The summed E-state index contributed by atoms with van der Waals surface area (Å²) in [6.07, 6.45) is 8.30. The van der Waals surface area contributed by atoms with Crippen LogP contribution >= 0.6 is 0 Å². The Hall–Kier alpha value is -2.26. The fourth-order valence-electron chi connectivity index (χ4n) is 2.39. The molecule has 0 amide bonds. The third kappa shape index (κ3) is 6.47. The van der Waals surface area contributed by atoms with Crippen molar-refractivity contribution in [3.05, 3.63) is 59.7 Å². The highest BCUT2D eigenvalue weighted by Gasteiger charge is 1.95. The first-order valence-corrected chi connectivity index (χ1v) is 8.61. The van der Waals surface area contributed by atoms with Crippen molar-refractivity contribution < 1.29 is 9.84 Å². The van der Waals surface area contributed by atoms with Crippen LogP contribution in [0.5, 0.6) is 5.75 Å². The molecule has 0 saturated heterocycles. The van der Waals surface area contributed by atoms with Crippen molar-refractivity contribution in [3.8, 4) is 5.75 Å². The molecule has 128 valence electrons. The second kappa shape index (κ2) is 10.5. The van der Waals surface area contributed by atoms with Gasteiger partial charge in [0.25, 0.3) is 0 Å². The monoisotopic (exact) mass is 325 g/mol. The molecule has 0 aromatic heterocycles. The maximum absolute atomic E-state index is 8.73. The van der Waals surface area contributed by atoms with Crippen LogP contribution in [0.2, 0.25) is 0 Å². The van der Waals surface area contributed by atoms with Crippen LogP contribution in [0.25, 0.3) is 12.2 Å². The van der Waals surface area contributed by atoms with Crippen molar-refractivity contribution in [3.63, 3.8) is 0 Å². The van der Waals surface area contributed by atoms with Gasteiger partial charge in [-0.1, -0.05) is 42.8 Å². The topological polar surface area (TPSA) is 41.5 Å². The standard InChI is InChI=1S/C21H27NO2/c1-22-20-12-8-18(9-13-20)6-7-19-10-14-21(15-11-19)24-17-5-3-2-4-16-23/h6-15,22-23H,2-5,16-17H2,1H3. The maximum Gasteiger partial charge on any atom is 0.119 e. The predicted octanol–water partition coefficient (Wildman–Crippen LogP) is 4.83. The molecular formula is C21H27NO2. The van der Waals surface area contributed by atoms with Gasteiger partial charge < -0.3 is 15.2 Å². The summed E-state index contributed by atoms with van der Waals surface area (Å²) in [5.41, 5.74) is 3.45. The quantitative estimate of drug-likeness (QED) is 0.485. The van der Waals surface area contributed by atoms with Crippen LogP contribution in [0.1, 0.15) is 36.8 Å². The van der Waals surface area contributed by atoms with Gasteiger partial charge in [0.15, 0.2) is 0 Å². The van der Waals surface area contributed by atoms with Gasteiger partial charge in [-0.3, -0.25) is 0 Å². The minimum absolute atomic E-state index is 0.287. The summed E-state index contributed by atoms with van der Waals surface area (Å²) < 4.78 is 5.74. The number of aliphatic hydroxyl groups is 1. The van der Waals surface area contributed by atoms with Crippen molar-refractivity contribution in [1.82, 2.24) is 0 Å². The largest absolute Gasteiger partial charge is 0.494 e. The highest BCUT2D eigenvalue weighted by Crippen LogP contribution is 2.16. The number of rotatable bonds is 10. The van der Waals surface area contributed by atoms with Gasteiger partial charge in [-0.2, -0.15) is 0 Å². The Labute approximate surface area is 145 Å². The molecule has 0 atom stereocenters. The van der Waals surface area contributed by atoms with Gasteiger partial charge >= 0.3 is 0 Å². The third-order valence-electron chi connectivity index (χ3n) is 3.87. The van der Waals surface area contributed by atoms with Crippen LogP contribution in [-0.4, -0.2) is 25.4 Å². The number of nitrogens with one attached hydrogen (secondary N) is 1. The van der Waals surface area contributed by atoms with E-state index in [4.69, 9.17) is 9.84 Å². The molecule has 3 nitrogen and oxygen atoms in total. The van der Waals surface area contributed by atoms with E-state index in [2.05, 4.69) is 53.9 Å². The molecule has 2 rings (SSSR count). The number of aliphatic hydroxyl groups excluding tert-OH is 1. The SMILES string of the molecule is CNc1ccc(C=Cc2ccc(OCCCCCCO)cc2)cc1.